The maximum atomic E-state index is 12.7. The second-order valence-electron chi connectivity index (χ2n) is 7.56. The van der Waals surface area contributed by atoms with Crippen LogP contribution in [0.1, 0.15) is 23.7 Å². The second-order valence-corrected chi connectivity index (χ2v) is 7.56. The molecule has 2 aromatic heterocycles. The van der Waals surface area contributed by atoms with E-state index in [1.807, 2.05) is 54.4 Å². The zero-order chi connectivity index (χ0) is 21.8. The smallest absolute Gasteiger partial charge is 0.252 e. The quantitative estimate of drug-likeness (QED) is 0.632. The largest absolute Gasteiger partial charge is 0.495 e. The van der Waals surface area contributed by atoms with Crippen LogP contribution in [0.3, 0.4) is 0 Å². The molecular formula is C23H25N5O3. The van der Waals surface area contributed by atoms with E-state index >= 15 is 0 Å². The first-order valence-corrected chi connectivity index (χ1v) is 10.2. The maximum absolute atomic E-state index is 12.7. The van der Waals surface area contributed by atoms with Crippen LogP contribution in [0.4, 0.5) is 11.6 Å². The van der Waals surface area contributed by atoms with Gasteiger partial charge in [0.25, 0.3) is 5.56 Å². The molecule has 1 amide bonds. The molecule has 3 aromatic rings. The Hall–Kier alpha value is -3.68. The number of hydrogen-bond donors (Lipinski definition) is 1. The molecule has 1 aromatic carbocycles. The molecule has 0 aliphatic carbocycles. The number of hydrogen-bond acceptors (Lipinski definition) is 6. The molecule has 1 aliphatic rings. The number of aromatic nitrogens is 3. The molecule has 1 saturated heterocycles. The van der Waals surface area contributed by atoms with Gasteiger partial charge in [0, 0.05) is 56.9 Å². The fourth-order valence-corrected chi connectivity index (χ4v) is 3.78. The number of pyridine rings is 1. The number of nitrogens with zero attached hydrogens (tertiary/aromatic N) is 4. The predicted molar refractivity (Wildman–Crippen MR) is 119 cm³/mol. The topological polar surface area (TPSA) is 91.4 Å². The number of benzene rings is 1. The van der Waals surface area contributed by atoms with E-state index in [1.165, 1.54) is 6.07 Å². The molecule has 1 fully saturated rings. The molecule has 31 heavy (non-hydrogen) atoms. The lowest BCUT2D eigenvalue weighted by atomic mass is 10.0. The summed E-state index contributed by atoms with van der Waals surface area (Å²) in [5.74, 6) is 0.955. The van der Waals surface area contributed by atoms with Crippen LogP contribution >= 0.6 is 0 Å². The SMILES string of the molecule is COc1ccccc1N1C[C@@H](c2cc(=O)[nH]c(N(C)CCc3ccccn3)n2)CC1=O. The lowest BCUT2D eigenvalue weighted by Crippen LogP contribution is -2.27. The van der Waals surface area contributed by atoms with E-state index in [1.54, 1.807) is 18.2 Å². The van der Waals surface area contributed by atoms with Gasteiger partial charge in [-0.1, -0.05) is 18.2 Å². The van der Waals surface area contributed by atoms with Crippen molar-refractivity contribution >= 4 is 17.5 Å². The fraction of sp³-hybridized carbons (Fsp3) is 0.304. The van der Waals surface area contributed by atoms with Crippen LogP contribution in [0.25, 0.3) is 0 Å². The Balaban J connectivity index is 1.52. The van der Waals surface area contributed by atoms with Gasteiger partial charge in [0.05, 0.1) is 18.5 Å². The van der Waals surface area contributed by atoms with Gasteiger partial charge in [0.1, 0.15) is 5.75 Å². The highest BCUT2D eigenvalue weighted by Crippen LogP contribution is 2.35. The van der Waals surface area contributed by atoms with Gasteiger partial charge in [-0.25, -0.2) is 4.98 Å². The Morgan fingerprint density at radius 2 is 2.00 bits per heavy atom. The summed E-state index contributed by atoms with van der Waals surface area (Å²) in [6, 6.07) is 14.7. The standard InChI is InChI=1S/C23H25N5O3/c1-27(12-10-17-7-5-6-11-24-17)23-25-18(14-21(29)26-23)16-13-22(30)28(15-16)19-8-3-4-9-20(19)31-2/h3-9,11,14,16H,10,12-13,15H2,1-2H3,(H,25,26,29)/t16-/m0/s1. The number of amides is 1. The number of carbonyl (C=O) groups excluding carboxylic acids is 1. The Morgan fingerprint density at radius 3 is 2.77 bits per heavy atom. The third-order valence-corrected chi connectivity index (χ3v) is 5.46. The molecule has 1 atom stereocenters. The van der Waals surface area contributed by atoms with E-state index in [0.717, 1.165) is 17.8 Å². The van der Waals surface area contributed by atoms with Crippen molar-refractivity contribution in [3.05, 3.63) is 76.5 Å². The van der Waals surface area contributed by atoms with Crippen molar-refractivity contribution in [1.82, 2.24) is 15.0 Å². The molecule has 1 aliphatic heterocycles. The molecule has 0 bridgehead atoms. The van der Waals surface area contributed by atoms with Crippen LogP contribution in [-0.4, -0.2) is 48.1 Å². The summed E-state index contributed by atoms with van der Waals surface area (Å²) < 4.78 is 5.40. The number of nitrogens with one attached hydrogen (secondary N) is 1. The number of aromatic amines is 1. The lowest BCUT2D eigenvalue weighted by Gasteiger charge is -2.20. The van der Waals surface area contributed by atoms with E-state index in [9.17, 15) is 9.59 Å². The summed E-state index contributed by atoms with van der Waals surface area (Å²) in [6.07, 6.45) is 2.79. The van der Waals surface area contributed by atoms with Gasteiger partial charge in [0.15, 0.2) is 0 Å². The van der Waals surface area contributed by atoms with E-state index < -0.39 is 0 Å². The minimum Gasteiger partial charge on any atom is -0.495 e. The number of H-pyrrole nitrogens is 1. The maximum Gasteiger partial charge on any atom is 0.252 e. The van der Waals surface area contributed by atoms with Gasteiger partial charge in [0.2, 0.25) is 11.9 Å². The average molecular weight is 419 g/mol. The van der Waals surface area contributed by atoms with Crippen molar-refractivity contribution in [2.45, 2.75) is 18.8 Å². The van der Waals surface area contributed by atoms with Crippen molar-refractivity contribution in [2.75, 3.05) is 37.0 Å². The minimum absolute atomic E-state index is 0.0124. The van der Waals surface area contributed by atoms with Crippen molar-refractivity contribution in [3.63, 3.8) is 0 Å². The summed E-state index contributed by atoms with van der Waals surface area (Å²) in [5, 5.41) is 0. The van der Waals surface area contributed by atoms with E-state index in [4.69, 9.17) is 4.74 Å². The van der Waals surface area contributed by atoms with Gasteiger partial charge in [-0.2, -0.15) is 0 Å². The molecular weight excluding hydrogens is 394 g/mol. The van der Waals surface area contributed by atoms with Crippen LogP contribution in [-0.2, 0) is 11.2 Å². The van der Waals surface area contributed by atoms with Crippen molar-refractivity contribution in [1.29, 1.82) is 0 Å². The van der Waals surface area contributed by atoms with Crippen LogP contribution in [0, 0.1) is 0 Å². The molecule has 3 heterocycles. The van der Waals surface area contributed by atoms with E-state index in [-0.39, 0.29) is 17.4 Å². The van der Waals surface area contributed by atoms with Crippen LogP contribution < -0.4 is 20.1 Å². The summed E-state index contributed by atoms with van der Waals surface area (Å²) in [5.41, 5.74) is 2.10. The lowest BCUT2D eigenvalue weighted by molar-refractivity contribution is -0.117. The van der Waals surface area contributed by atoms with Crippen LogP contribution in [0.5, 0.6) is 5.75 Å². The molecule has 1 N–H and O–H groups in total. The fourth-order valence-electron chi connectivity index (χ4n) is 3.78. The minimum atomic E-state index is -0.229. The molecule has 8 heteroatoms. The molecule has 0 spiro atoms. The number of ether oxygens (including phenoxy) is 1. The molecule has 0 saturated carbocycles. The number of carbonyl (C=O) groups is 1. The first-order chi connectivity index (χ1) is 15.0. The highest BCUT2D eigenvalue weighted by Gasteiger charge is 2.34. The van der Waals surface area contributed by atoms with Crippen molar-refractivity contribution < 1.29 is 9.53 Å². The number of methoxy groups -OCH3 is 1. The van der Waals surface area contributed by atoms with Gasteiger partial charge in [-0.05, 0) is 24.3 Å². The normalized spacial score (nSPS) is 15.9. The summed E-state index contributed by atoms with van der Waals surface area (Å²) in [4.78, 5) is 40.5. The van der Waals surface area contributed by atoms with E-state index in [2.05, 4.69) is 15.0 Å². The monoisotopic (exact) mass is 419 g/mol. The second kappa shape index (κ2) is 8.99. The average Bonchev–Trinajstić information content (AvgIpc) is 3.19. The zero-order valence-electron chi connectivity index (χ0n) is 17.6. The molecule has 0 unspecified atom stereocenters. The number of anilines is 2. The number of likely N-dealkylation sites (N-methyl/N-ethyl adjacent to an activating group) is 1. The van der Waals surface area contributed by atoms with Gasteiger partial charge in [-0.3, -0.25) is 19.6 Å². The summed E-state index contributed by atoms with van der Waals surface area (Å²) >= 11 is 0. The van der Waals surface area contributed by atoms with Crippen LogP contribution in [0.15, 0.2) is 59.5 Å². The van der Waals surface area contributed by atoms with E-state index in [0.29, 0.717) is 36.9 Å². The third-order valence-electron chi connectivity index (χ3n) is 5.46. The number of rotatable bonds is 7. The Bertz CT molecular complexity index is 1120. The summed E-state index contributed by atoms with van der Waals surface area (Å²) in [6.45, 7) is 1.10. The Morgan fingerprint density at radius 1 is 1.19 bits per heavy atom. The van der Waals surface area contributed by atoms with Crippen molar-refractivity contribution in [2.24, 2.45) is 0 Å². The molecule has 0 radical (unpaired) electrons. The number of para-hydroxylation sites is 2. The van der Waals surface area contributed by atoms with Gasteiger partial charge < -0.3 is 14.5 Å². The zero-order valence-corrected chi connectivity index (χ0v) is 17.6. The summed E-state index contributed by atoms with van der Waals surface area (Å²) in [7, 11) is 3.47. The first-order valence-electron chi connectivity index (χ1n) is 10.2. The van der Waals surface area contributed by atoms with Crippen molar-refractivity contribution in [3.8, 4) is 5.75 Å². The molecule has 8 nitrogen and oxygen atoms in total. The highest BCUT2D eigenvalue weighted by atomic mass is 16.5. The van der Waals surface area contributed by atoms with Gasteiger partial charge >= 0.3 is 0 Å². The molecule has 4 rings (SSSR count). The highest BCUT2D eigenvalue weighted by molar-refractivity contribution is 5.97. The molecule has 160 valence electrons. The van der Waals surface area contributed by atoms with Crippen LogP contribution in [0.2, 0.25) is 0 Å². The predicted octanol–water partition coefficient (Wildman–Crippen LogP) is 2.37. The van der Waals surface area contributed by atoms with Gasteiger partial charge in [-0.15, -0.1) is 0 Å². The Labute approximate surface area is 180 Å². The third kappa shape index (κ3) is 4.58. The Kier molecular flexibility index (Phi) is 5.97. The first kappa shape index (κ1) is 20.6.